The highest BCUT2D eigenvalue weighted by Crippen LogP contribution is 2.19. The van der Waals surface area contributed by atoms with Gasteiger partial charge in [-0.05, 0) is 27.9 Å². The van der Waals surface area contributed by atoms with Crippen LogP contribution in [0.1, 0.15) is 23.7 Å². The molecule has 1 rings (SSSR count). The Morgan fingerprint density at radius 1 is 1.61 bits per heavy atom. The number of nitrogens with one attached hydrogen (secondary N) is 1. The van der Waals surface area contributed by atoms with Gasteiger partial charge in [-0.25, -0.2) is 9.78 Å². The smallest absolute Gasteiger partial charge is 0.330 e. The number of ether oxygens (including phenoxy) is 1. The first-order valence-electron chi connectivity index (χ1n) is 6.01. The second kappa shape index (κ2) is 7.45. The number of aryl methyl sites for hydroxylation is 1. The van der Waals surface area contributed by atoms with Gasteiger partial charge in [0, 0.05) is 24.2 Å². The second-order valence-electron chi connectivity index (χ2n) is 4.27. The van der Waals surface area contributed by atoms with Crippen LogP contribution in [0.4, 0.5) is 0 Å². The summed E-state index contributed by atoms with van der Waals surface area (Å²) < 4.78 is 5.08. The first-order chi connectivity index (χ1) is 8.54. The fourth-order valence-electron chi connectivity index (χ4n) is 1.43. The molecule has 0 aromatic carbocycles. The van der Waals surface area contributed by atoms with Crippen molar-refractivity contribution in [1.29, 1.82) is 0 Å². The van der Waals surface area contributed by atoms with Crippen LogP contribution in [0.3, 0.4) is 0 Å². The van der Waals surface area contributed by atoms with E-state index in [0.29, 0.717) is 6.61 Å². The molecular formula is C12H21N3O2S. The van der Waals surface area contributed by atoms with Crippen LogP contribution in [0.5, 0.6) is 0 Å². The second-order valence-corrected chi connectivity index (χ2v) is 5.16. The van der Waals surface area contributed by atoms with Gasteiger partial charge in [-0.15, -0.1) is 11.3 Å². The molecule has 1 unspecified atom stereocenters. The molecule has 0 amide bonds. The van der Waals surface area contributed by atoms with Crippen LogP contribution >= 0.6 is 11.3 Å². The molecule has 0 saturated carbocycles. The first kappa shape index (κ1) is 15.1. The van der Waals surface area contributed by atoms with Crippen LogP contribution in [0.2, 0.25) is 0 Å². The normalized spacial score (nSPS) is 12.7. The van der Waals surface area contributed by atoms with Gasteiger partial charge in [0.05, 0.1) is 6.61 Å². The highest BCUT2D eigenvalue weighted by Gasteiger charge is 2.24. The van der Waals surface area contributed by atoms with Crippen molar-refractivity contribution in [3.8, 4) is 0 Å². The number of carbonyl (C=O) groups is 1. The number of hydrogen-bond donors (Lipinski definition) is 1. The first-order valence-corrected chi connectivity index (χ1v) is 6.89. The molecule has 0 fully saturated rings. The number of hydrogen-bond acceptors (Lipinski definition) is 6. The third kappa shape index (κ3) is 4.72. The van der Waals surface area contributed by atoms with Gasteiger partial charge in [-0.3, -0.25) is 5.32 Å². The quantitative estimate of drug-likeness (QED) is 0.755. The molecule has 5 nitrogen and oxygen atoms in total. The van der Waals surface area contributed by atoms with Gasteiger partial charge in [0.25, 0.3) is 0 Å². The van der Waals surface area contributed by atoms with E-state index in [9.17, 15) is 4.79 Å². The Morgan fingerprint density at radius 2 is 2.33 bits per heavy atom. The van der Waals surface area contributed by atoms with Gasteiger partial charge in [0.15, 0.2) is 6.04 Å². The monoisotopic (exact) mass is 271 g/mol. The van der Waals surface area contributed by atoms with E-state index in [4.69, 9.17) is 4.74 Å². The Kier molecular flexibility index (Phi) is 6.24. The Bertz CT molecular complexity index is 379. The third-order valence-corrected chi connectivity index (χ3v) is 3.34. The average molecular weight is 271 g/mol. The topological polar surface area (TPSA) is 54.5 Å². The molecule has 1 aromatic heterocycles. The predicted octanol–water partition coefficient (Wildman–Crippen LogP) is 1.21. The summed E-state index contributed by atoms with van der Waals surface area (Å²) in [6.45, 7) is 5.69. The third-order valence-electron chi connectivity index (χ3n) is 2.31. The van der Waals surface area contributed by atoms with Crippen molar-refractivity contribution in [2.45, 2.75) is 19.9 Å². The highest BCUT2D eigenvalue weighted by molar-refractivity contribution is 7.09. The minimum Gasteiger partial charge on any atom is -0.465 e. The van der Waals surface area contributed by atoms with Gasteiger partial charge in [0.2, 0.25) is 0 Å². The summed E-state index contributed by atoms with van der Waals surface area (Å²) in [5, 5.41) is 5.90. The Hall–Kier alpha value is -0.980. The van der Waals surface area contributed by atoms with Crippen molar-refractivity contribution in [2.75, 3.05) is 33.8 Å². The fraction of sp³-hybridized carbons (Fsp3) is 0.667. The molecule has 18 heavy (non-hydrogen) atoms. The lowest BCUT2D eigenvalue weighted by Crippen LogP contribution is -2.35. The van der Waals surface area contributed by atoms with Crippen LogP contribution in [0.15, 0.2) is 5.38 Å². The lowest BCUT2D eigenvalue weighted by Gasteiger charge is -2.16. The van der Waals surface area contributed by atoms with Crippen molar-refractivity contribution in [2.24, 2.45) is 0 Å². The van der Waals surface area contributed by atoms with Crippen molar-refractivity contribution >= 4 is 17.3 Å². The van der Waals surface area contributed by atoms with E-state index < -0.39 is 6.04 Å². The standard InChI is InChI=1S/C12H21N3O2S/c1-5-17-12(16)10(13-6-7-15(3)4)11-14-9(2)8-18-11/h8,10,13H,5-7H2,1-4H3. The maximum absolute atomic E-state index is 11.9. The van der Waals surface area contributed by atoms with Crippen molar-refractivity contribution in [3.05, 3.63) is 16.1 Å². The van der Waals surface area contributed by atoms with E-state index in [0.717, 1.165) is 23.8 Å². The lowest BCUT2D eigenvalue weighted by atomic mass is 10.3. The van der Waals surface area contributed by atoms with E-state index in [1.807, 2.05) is 33.3 Å². The molecule has 0 radical (unpaired) electrons. The van der Waals surface area contributed by atoms with Crippen molar-refractivity contribution in [3.63, 3.8) is 0 Å². The van der Waals surface area contributed by atoms with Crippen LogP contribution in [-0.2, 0) is 9.53 Å². The molecule has 0 aliphatic carbocycles. The van der Waals surface area contributed by atoms with E-state index in [1.165, 1.54) is 11.3 Å². The number of carbonyl (C=O) groups excluding carboxylic acids is 1. The lowest BCUT2D eigenvalue weighted by molar-refractivity contribution is -0.145. The van der Waals surface area contributed by atoms with Crippen molar-refractivity contribution < 1.29 is 9.53 Å². The van der Waals surface area contributed by atoms with Crippen LogP contribution in [0.25, 0.3) is 0 Å². The summed E-state index contributed by atoms with van der Waals surface area (Å²) in [6, 6.07) is -0.455. The predicted molar refractivity (Wildman–Crippen MR) is 72.8 cm³/mol. The summed E-state index contributed by atoms with van der Waals surface area (Å²) >= 11 is 1.48. The summed E-state index contributed by atoms with van der Waals surface area (Å²) in [4.78, 5) is 18.3. The summed E-state index contributed by atoms with van der Waals surface area (Å²) in [7, 11) is 3.99. The van der Waals surface area contributed by atoms with E-state index >= 15 is 0 Å². The zero-order valence-corrected chi connectivity index (χ0v) is 12.2. The Labute approximate surface area is 112 Å². The summed E-state index contributed by atoms with van der Waals surface area (Å²) in [5.41, 5.74) is 0.929. The molecule has 102 valence electrons. The number of aromatic nitrogens is 1. The molecule has 1 heterocycles. The molecule has 1 atom stereocenters. The minimum absolute atomic E-state index is 0.259. The number of esters is 1. The van der Waals surface area contributed by atoms with Gasteiger partial charge in [-0.1, -0.05) is 0 Å². The number of nitrogens with zero attached hydrogens (tertiary/aromatic N) is 2. The molecule has 0 saturated heterocycles. The minimum atomic E-state index is -0.455. The van der Waals surface area contributed by atoms with E-state index in [1.54, 1.807) is 0 Å². The Balaban J connectivity index is 2.66. The Morgan fingerprint density at radius 3 is 2.83 bits per heavy atom. The largest absolute Gasteiger partial charge is 0.465 e. The molecule has 6 heteroatoms. The molecule has 0 aliphatic rings. The molecule has 0 bridgehead atoms. The van der Waals surface area contributed by atoms with Gasteiger partial charge in [0.1, 0.15) is 5.01 Å². The van der Waals surface area contributed by atoms with Crippen molar-refractivity contribution in [1.82, 2.24) is 15.2 Å². The molecule has 1 N–H and O–H groups in total. The van der Waals surface area contributed by atoms with E-state index in [2.05, 4.69) is 15.2 Å². The van der Waals surface area contributed by atoms with Gasteiger partial charge < -0.3 is 9.64 Å². The maximum atomic E-state index is 11.9. The zero-order valence-electron chi connectivity index (χ0n) is 11.4. The van der Waals surface area contributed by atoms with Crippen LogP contribution in [-0.4, -0.2) is 49.6 Å². The molecule has 1 aromatic rings. The number of likely N-dealkylation sites (N-methyl/N-ethyl adjacent to an activating group) is 1. The van der Waals surface area contributed by atoms with Gasteiger partial charge in [-0.2, -0.15) is 0 Å². The molecular weight excluding hydrogens is 250 g/mol. The number of rotatable bonds is 7. The van der Waals surface area contributed by atoms with Gasteiger partial charge >= 0.3 is 5.97 Å². The molecule has 0 spiro atoms. The summed E-state index contributed by atoms with van der Waals surface area (Å²) in [5.74, 6) is -0.259. The number of thiazole rings is 1. The maximum Gasteiger partial charge on any atom is 0.330 e. The summed E-state index contributed by atoms with van der Waals surface area (Å²) in [6.07, 6.45) is 0. The highest BCUT2D eigenvalue weighted by atomic mass is 32.1. The van der Waals surface area contributed by atoms with Crippen LogP contribution < -0.4 is 5.32 Å². The zero-order chi connectivity index (χ0) is 13.5. The average Bonchev–Trinajstić information content (AvgIpc) is 2.71. The molecule has 0 aliphatic heterocycles. The van der Waals surface area contributed by atoms with Crippen LogP contribution in [0, 0.1) is 6.92 Å². The SMILES string of the molecule is CCOC(=O)C(NCCN(C)C)c1nc(C)cs1. The fourth-order valence-corrected chi connectivity index (χ4v) is 2.29. The van der Waals surface area contributed by atoms with E-state index in [-0.39, 0.29) is 5.97 Å².